The van der Waals surface area contributed by atoms with E-state index < -0.39 is 5.91 Å². The summed E-state index contributed by atoms with van der Waals surface area (Å²) in [5.41, 5.74) is 1.51. The van der Waals surface area contributed by atoms with Crippen molar-refractivity contribution >= 4 is 38.4 Å². The Morgan fingerprint density at radius 1 is 1.26 bits per heavy atom. The smallest absolute Gasteiger partial charge is 0.259 e. The molecule has 0 atom stereocenters. The minimum Gasteiger partial charge on any atom is -0.505 e. The number of anilines is 1. The topological polar surface area (TPSA) is 86.0 Å². The van der Waals surface area contributed by atoms with Crippen molar-refractivity contribution in [1.82, 2.24) is 4.98 Å². The second kappa shape index (κ2) is 6.07. The van der Waals surface area contributed by atoms with Gasteiger partial charge in [0.05, 0.1) is 17.2 Å². The Kier molecular flexibility index (Phi) is 3.96. The van der Waals surface area contributed by atoms with Crippen LogP contribution in [0.1, 0.15) is 15.9 Å². The summed E-state index contributed by atoms with van der Waals surface area (Å²) in [5.74, 6) is -0.629. The maximum atomic E-state index is 12.4. The molecule has 0 aliphatic rings. The van der Waals surface area contributed by atoms with Crippen molar-refractivity contribution in [3.05, 3.63) is 64.3 Å². The van der Waals surface area contributed by atoms with Crippen LogP contribution in [-0.2, 0) is 0 Å². The van der Waals surface area contributed by atoms with Gasteiger partial charge in [-0.3, -0.25) is 9.78 Å². The normalized spacial score (nSPS) is 10.3. The van der Waals surface area contributed by atoms with Crippen molar-refractivity contribution in [1.29, 1.82) is 5.26 Å². The van der Waals surface area contributed by atoms with Gasteiger partial charge in [0.15, 0.2) is 5.75 Å². The fourth-order valence-electron chi connectivity index (χ4n) is 2.19. The van der Waals surface area contributed by atoms with Crippen LogP contribution in [0.5, 0.6) is 5.75 Å². The summed E-state index contributed by atoms with van der Waals surface area (Å²) in [5, 5.41) is 22.5. The van der Waals surface area contributed by atoms with Gasteiger partial charge in [-0.25, -0.2) is 0 Å². The highest BCUT2D eigenvalue weighted by Gasteiger charge is 2.17. The first-order valence-corrected chi connectivity index (χ1v) is 7.47. The van der Waals surface area contributed by atoms with Crippen molar-refractivity contribution in [3.8, 4) is 11.8 Å². The highest BCUT2D eigenvalue weighted by atomic mass is 79.9. The van der Waals surface area contributed by atoms with E-state index in [2.05, 4.69) is 26.2 Å². The molecule has 2 N–H and O–H groups in total. The van der Waals surface area contributed by atoms with Crippen LogP contribution in [0.4, 0.5) is 5.69 Å². The van der Waals surface area contributed by atoms with E-state index in [1.54, 1.807) is 48.7 Å². The first kappa shape index (κ1) is 15.0. The number of nitrogens with zero attached hydrogens (tertiary/aromatic N) is 2. The first-order valence-electron chi connectivity index (χ1n) is 6.68. The molecule has 23 heavy (non-hydrogen) atoms. The second-order valence-electron chi connectivity index (χ2n) is 4.80. The molecule has 112 valence electrons. The quantitative estimate of drug-likeness (QED) is 0.720. The number of phenolic OH excluding ortho intramolecular Hbond substituents is 1. The third kappa shape index (κ3) is 2.87. The number of hydrogen-bond donors (Lipinski definition) is 2. The van der Waals surface area contributed by atoms with E-state index >= 15 is 0 Å². The fraction of sp³-hybridized carbons (Fsp3) is 0. The SMILES string of the molecule is N#Cc1ccc(NC(=O)c2cc(Br)c3cccnc3c2O)cc1. The number of aromatic hydroxyl groups is 1. The molecule has 1 heterocycles. The van der Waals surface area contributed by atoms with Gasteiger partial charge in [0.1, 0.15) is 5.52 Å². The molecule has 3 aromatic rings. The van der Waals surface area contributed by atoms with E-state index in [1.165, 1.54) is 0 Å². The Labute approximate surface area is 140 Å². The lowest BCUT2D eigenvalue weighted by molar-refractivity contribution is 0.102. The molecule has 0 aliphatic heterocycles. The van der Waals surface area contributed by atoms with Gasteiger partial charge in [0, 0.05) is 21.7 Å². The molecule has 0 saturated heterocycles. The van der Waals surface area contributed by atoms with E-state index in [-0.39, 0.29) is 11.3 Å². The van der Waals surface area contributed by atoms with Gasteiger partial charge in [0.25, 0.3) is 5.91 Å². The highest BCUT2D eigenvalue weighted by molar-refractivity contribution is 9.10. The van der Waals surface area contributed by atoms with Crippen LogP contribution in [0.2, 0.25) is 0 Å². The van der Waals surface area contributed by atoms with Gasteiger partial charge in [-0.2, -0.15) is 5.26 Å². The van der Waals surface area contributed by atoms with Crippen LogP contribution in [0.3, 0.4) is 0 Å². The van der Waals surface area contributed by atoms with Gasteiger partial charge in [-0.15, -0.1) is 0 Å². The summed E-state index contributed by atoms with van der Waals surface area (Å²) >= 11 is 3.39. The van der Waals surface area contributed by atoms with Gasteiger partial charge in [0.2, 0.25) is 0 Å². The number of nitrogens with one attached hydrogen (secondary N) is 1. The number of carbonyl (C=O) groups is 1. The molecule has 6 heteroatoms. The molecule has 0 radical (unpaired) electrons. The van der Waals surface area contributed by atoms with Crippen LogP contribution >= 0.6 is 15.9 Å². The van der Waals surface area contributed by atoms with Crippen molar-refractivity contribution in [2.45, 2.75) is 0 Å². The summed E-state index contributed by atoms with van der Waals surface area (Å²) in [6, 6.07) is 13.6. The summed E-state index contributed by atoms with van der Waals surface area (Å²) in [4.78, 5) is 16.5. The van der Waals surface area contributed by atoms with Crippen molar-refractivity contribution in [2.75, 3.05) is 5.32 Å². The lowest BCUT2D eigenvalue weighted by Gasteiger charge is -2.10. The number of phenols is 1. The number of hydrogen-bond acceptors (Lipinski definition) is 4. The summed E-state index contributed by atoms with van der Waals surface area (Å²) in [6.45, 7) is 0. The molecule has 3 rings (SSSR count). The Bertz CT molecular complexity index is 946. The fourth-order valence-corrected chi connectivity index (χ4v) is 2.74. The zero-order valence-corrected chi connectivity index (χ0v) is 13.3. The Morgan fingerprint density at radius 2 is 2.00 bits per heavy atom. The van der Waals surface area contributed by atoms with Crippen molar-refractivity contribution in [2.24, 2.45) is 0 Å². The molecule has 0 spiro atoms. The largest absolute Gasteiger partial charge is 0.505 e. The molecular weight excluding hydrogens is 358 g/mol. The summed E-state index contributed by atoms with van der Waals surface area (Å²) < 4.78 is 0.670. The van der Waals surface area contributed by atoms with Crippen LogP contribution in [0.15, 0.2) is 53.1 Å². The zero-order valence-electron chi connectivity index (χ0n) is 11.7. The summed E-state index contributed by atoms with van der Waals surface area (Å²) in [7, 11) is 0. The number of aromatic nitrogens is 1. The van der Waals surface area contributed by atoms with Gasteiger partial charge < -0.3 is 10.4 Å². The third-order valence-corrected chi connectivity index (χ3v) is 3.99. The molecule has 1 amide bonds. The van der Waals surface area contributed by atoms with E-state index in [0.717, 1.165) is 5.39 Å². The molecule has 0 bridgehead atoms. The molecule has 0 unspecified atom stereocenters. The minimum atomic E-state index is -0.458. The van der Waals surface area contributed by atoms with Gasteiger partial charge >= 0.3 is 0 Å². The second-order valence-corrected chi connectivity index (χ2v) is 5.65. The first-order chi connectivity index (χ1) is 11.1. The average Bonchev–Trinajstić information content (AvgIpc) is 2.58. The van der Waals surface area contributed by atoms with Crippen LogP contribution in [-0.4, -0.2) is 16.0 Å². The number of carbonyl (C=O) groups excluding carboxylic acids is 1. The van der Waals surface area contributed by atoms with E-state index in [9.17, 15) is 9.90 Å². The van der Waals surface area contributed by atoms with Crippen LogP contribution < -0.4 is 5.32 Å². The standard InChI is InChI=1S/C17H10BrN3O2/c18-14-8-13(16(22)15-12(14)2-1-7-20-15)17(23)21-11-5-3-10(9-19)4-6-11/h1-8,22H,(H,21,23). The molecule has 0 saturated carbocycles. The highest BCUT2D eigenvalue weighted by Crippen LogP contribution is 2.33. The number of nitriles is 1. The van der Waals surface area contributed by atoms with Crippen LogP contribution in [0.25, 0.3) is 10.9 Å². The predicted octanol–water partition coefficient (Wildman–Crippen LogP) is 3.83. The number of amides is 1. The van der Waals surface area contributed by atoms with Crippen LogP contribution in [0, 0.1) is 11.3 Å². The Hall–Kier alpha value is -2.91. The van der Waals surface area contributed by atoms with Gasteiger partial charge in [-0.1, -0.05) is 22.0 Å². The number of benzene rings is 2. The predicted molar refractivity (Wildman–Crippen MR) is 90.2 cm³/mol. The molecule has 5 nitrogen and oxygen atoms in total. The number of pyridine rings is 1. The van der Waals surface area contributed by atoms with Gasteiger partial charge in [-0.05, 0) is 36.4 Å². The Morgan fingerprint density at radius 3 is 2.70 bits per heavy atom. The Balaban J connectivity index is 1.97. The van der Waals surface area contributed by atoms with Crippen molar-refractivity contribution < 1.29 is 9.90 Å². The minimum absolute atomic E-state index is 0.118. The molecule has 0 aliphatic carbocycles. The lowest BCUT2D eigenvalue weighted by atomic mass is 10.1. The lowest BCUT2D eigenvalue weighted by Crippen LogP contribution is -2.12. The monoisotopic (exact) mass is 367 g/mol. The molecule has 0 fully saturated rings. The summed E-state index contributed by atoms with van der Waals surface area (Å²) in [6.07, 6.45) is 1.55. The molecular formula is C17H10BrN3O2. The average molecular weight is 368 g/mol. The van der Waals surface area contributed by atoms with Crippen molar-refractivity contribution in [3.63, 3.8) is 0 Å². The number of halogens is 1. The number of rotatable bonds is 2. The van der Waals surface area contributed by atoms with E-state index in [0.29, 0.717) is 21.2 Å². The van der Waals surface area contributed by atoms with E-state index in [1.807, 2.05) is 6.07 Å². The zero-order chi connectivity index (χ0) is 16.4. The molecule has 1 aromatic heterocycles. The maximum Gasteiger partial charge on any atom is 0.259 e. The number of fused-ring (bicyclic) bond motifs is 1. The third-order valence-electron chi connectivity index (χ3n) is 3.33. The van der Waals surface area contributed by atoms with E-state index in [4.69, 9.17) is 5.26 Å². The maximum absolute atomic E-state index is 12.4. The molecule has 2 aromatic carbocycles.